The van der Waals surface area contributed by atoms with E-state index in [-0.39, 0.29) is 11.9 Å². The maximum atomic E-state index is 12.5. The molecular formula is C22H27NO3. The van der Waals surface area contributed by atoms with Crippen molar-refractivity contribution in [3.63, 3.8) is 0 Å². The fourth-order valence-electron chi connectivity index (χ4n) is 3.69. The topological polar surface area (TPSA) is 47.6 Å². The number of ether oxygens (including phenoxy) is 2. The molecule has 0 saturated heterocycles. The van der Waals surface area contributed by atoms with Crippen molar-refractivity contribution in [3.05, 3.63) is 58.7 Å². The number of carbonyl (C=O) groups excluding carboxylic acids is 1. The first kappa shape index (κ1) is 18.3. The second-order valence-corrected chi connectivity index (χ2v) is 6.88. The monoisotopic (exact) mass is 353 g/mol. The fourth-order valence-corrected chi connectivity index (χ4v) is 3.69. The zero-order valence-corrected chi connectivity index (χ0v) is 15.8. The zero-order valence-electron chi connectivity index (χ0n) is 15.8. The van der Waals surface area contributed by atoms with Crippen molar-refractivity contribution in [2.45, 2.75) is 45.1 Å². The minimum absolute atomic E-state index is 0.104. The summed E-state index contributed by atoms with van der Waals surface area (Å²) in [7, 11) is 3.36. The van der Waals surface area contributed by atoms with Gasteiger partial charge in [0.25, 0.3) is 0 Å². The molecule has 2 aromatic rings. The molecule has 0 fully saturated rings. The molecule has 0 spiro atoms. The van der Waals surface area contributed by atoms with Gasteiger partial charge in [0, 0.05) is 6.42 Å². The van der Waals surface area contributed by atoms with Crippen LogP contribution < -0.4 is 14.8 Å². The van der Waals surface area contributed by atoms with Crippen molar-refractivity contribution in [2.75, 3.05) is 14.2 Å². The van der Waals surface area contributed by atoms with Crippen molar-refractivity contribution < 1.29 is 14.3 Å². The number of hydrogen-bond acceptors (Lipinski definition) is 3. The smallest absolute Gasteiger partial charge is 0.220 e. The van der Waals surface area contributed by atoms with Crippen molar-refractivity contribution in [1.29, 1.82) is 0 Å². The van der Waals surface area contributed by atoms with Crippen LogP contribution in [-0.4, -0.2) is 20.1 Å². The summed E-state index contributed by atoms with van der Waals surface area (Å²) < 4.78 is 10.6. The Morgan fingerprint density at radius 1 is 1.15 bits per heavy atom. The van der Waals surface area contributed by atoms with Gasteiger partial charge in [-0.25, -0.2) is 0 Å². The van der Waals surface area contributed by atoms with Gasteiger partial charge in [-0.2, -0.15) is 0 Å². The number of benzene rings is 2. The van der Waals surface area contributed by atoms with Crippen LogP contribution in [0, 0.1) is 6.92 Å². The third-order valence-corrected chi connectivity index (χ3v) is 5.10. The van der Waals surface area contributed by atoms with Crippen LogP contribution in [-0.2, 0) is 17.6 Å². The molecule has 138 valence electrons. The van der Waals surface area contributed by atoms with E-state index in [2.05, 4.69) is 23.5 Å². The van der Waals surface area contributed by atoms with Gasteiger partial charge in [0.1, 0.15) is 11.5 Å². The standard InChI is InChI=1S/C22H27NO3/c1-15-13-16(7-11-21(15)26-3)8-12-22(24)23-20-6-4-5-17-14-18(25-2)9-10-19(17)20/h7,9-11,13-14,20H,4-6,8,12H2,1-3H3,(H,23,24). The first-order valence-electron chi connectivity index (χ1n) is 9.20. The average molecular weight is 353 g/mol. The number of aryl methyl sites for hydroxylation is 3. The van der Waals surface area contributed by atoms with Gasteiger partial charge in [-0.1, -0.05) is 18.2 Å². The minimum atomic E-state index is 0.104. The Labute approximate surface area is 155 Å². The summed E-state index contributed by atoms with van der Waals surface area (Å²) in [5, 5.41) is 3.22. The zero-order chi connectivity index (χ0) is 18.5. The van der Waals surface area contributed by atoms with Crippen LogP contribution in [0.5, 0.6) is 11.5 Å². The quantitative estimate of drug-likeness (QED) is 0.849. The van der Waals surface area contributed by atoms with Crippen LogP contribution in [0.2, 0.25) is 0 Å². The van der Waals surface area contributed by atoms with Crippen LogP contribution >= 0.6 is 0 Å². The van der Waals surface area contributed by atoms with E-state index in [9.17, 15) is 4.79 Å². The first-order valence-corrected chi connectivity index (χ1v) is 9.20. The number of fused-ring (bicyclic) bond motifs is 1. The molecule has 0 heterocycles. The predicted octanol–water partition coefficient (Wildman–Crippen LogP) is 4.14. The molecule has 0 radical (unpaired) electrons. The van der Waals surface area contributed by atoms with Crippen molar-refractivity contribution >= 4 is 5.91 Å². The molecule has 26 heavy (non-hydrogen) atoms. The van der Waals surface area contributed by atoms with Crippen molar-refractivity contribution in [2.24, 2.45) is 0 Å². The number of methoxy groups -OCH3 is 2. The van der Waals surface area contributed by atoms with Crippen molar-refractivity contribution in [1.82, 2.24) is 5.32 Å². The minimum Gasteiger partial charge on any atom is -0.497 e. The molecule has 0 saturated carbocycles. The molecule has 0 aromatic heterocycles. The second kappa shape index (κ2) is 8.26. The van der Waals surface area contributed by atoms with E-state index in [1.807, 2.05) is 25.1 Å². The lowest BCUT2D eigenvalue weighted by atomic mass is 9.87. The summed E-state index contributed by atoms with van der Waals surface area (Å²) in [6.45, 7) is 2.02. The van der Waals surface area contributed by atoms with Gasteiger partial charge in [0.05, 0.1) is 20.3 Å². The Balaban J connectivity index is 1.60. The molecule has 1 unspecified atom stereocenters. The van der Waals surface area contributed by atoms with E-state index in [0.717, 1.165) is 48.3 Å². The van der Waals surface area contributed by atoms with Gasteiger partial charge >= 0.3 is 0 Å². The average Bonchev–Trinajstić information content (AvgIpc) is 2.66. The molecule has 1 aliphatic rings. The second-order valence-electron chi connectivity index (χ2n) is 6.88. The van der Waals surface area contributed by atoms with Crippen LogP contribution in [0.4, 0.5) is 0 Å². The normalized spacial score (nSPS) is 15.9. The highest BCUT2D eigenvalue weighted by atomic mass is 16.5. The summed E-state index contributed by atoms with van der Waals surface area (Å²) in [4.78, 5) is 12.5. The lowest BCUT2D eigenvalue weighted by Crippen LogP contribution is -2.31. The Kier molecular flexibility index (Phi) is 5.82. The van der Waals surface area contributed by atoms with Crippen LogP contribution in [0.1, 0.15) is 47.6 Å². The fraction of sp³-hybridized carbons (Fsp3) is 0.409. The number of nitrogens with one attached hydrogen (secondary N) is 1. The maximum absolute atomic E-state index is 12.5. The van der Waals surface area contributed by atoms with Gasteiger partial charge in [-0.05, 0) is 73.1 Å². The van der Waals surface area contributed by atoms with E-state index in [1.165, 1.54) is 11.1 Å². The Hall–Kier alpha value is -2.49. The molecule has 3 rings (SSSR count). The number of rotatable bonds is 6. The van der Waals surface area contributed by atoms with Crippen molar-refractivity contribution in [3.8, 4) is 11.5 Å². The molecular weight excluding hydrogens is 326 g/mol. The van der Waals surface area contributed by atoms with Gasteiger partial charge in [0.15, 0.2) is 0 Å². The van der Waals surface area contributed by atoms with E-state index >= 15 is 0 Å². The van der Waals surface area contributed by atoms with Gasteiger partial charge < -0.3 is 14.8 Å². The highest BCUT2D eigenvalue weighted by Gasteiger charge is 2.22. The Bertz CT molecular complexity index is 785. The summed E-state index contributed by atoms with van der Waals surface area (Å²) in [6.07, 6.45) is 4.35. The summed E-state index contributed by atoms with van der Waals surface area (Å²) in [5.74, 6) is 1.87. The number of carbonyl (C=O) groups is 1. The molecule has 1 aliphatic carbocycles. The van der Waals surface area contributed by atoms with E-state index < -0.39 is 0 Å². The van der Waals surface area contributed by atoms with E-state index in [1.54, 1.807) is 14.2 Å². The molecule has 1 atom stereocenters. The van der Waals surface area contributed by atoms with Crippen LogP contribution in [0.3, 0.4) is 0 Å². The van der Waals surface area contributed by atoms with E-state index in [4.69, 9.17) is 9.47 Å². The molecule has 1 N–H and O–H groups in total. The SMILES string of the molecule is COc1ccc2c(c1)CCCC2NC(=O)CCc1ccc(OC)c(C)c1. The highest BCUT2D eigenvalue weighted by molar-refractivity contribution is 5.77. The molecule has 4 nitrogen and oxygen atoms in total. The summed E-state index contributed by atoms with van der Waals surface area (Å²) in [5.41, 5.74) is 4.77. The highest BCUT2D eigenvalue weighted by Crippen LogP contribution is 2.32. The first-order chi connectivity index (χ1) is 12.6. The summed E-state index contributed by atoms with van der Waals surface area (Å²) >= 11 is 0. The van der Waals surface area contributed by atoms with E-state index in [0.29, 0.717) is 6.42 Å². The van der Waals surface area contributed by atoms with Crippen LogP contribution in [0.15, 0.2) is 36.4 Å². The Morgan fingerprint density at radius 2 is 2.00 bits per heavy atom. The number of hydrogen-bond donors (Lipinski definition) is 1. The lowest BCUT2D eigenvalue weighted by Gasteiger charge is -2.27. The molecule has 1 amide bonds. The largest absolute Gasteiger partial charge is 0.497 e. The molecule has 2 aromatic carbocycles. The lowest BCUT2D eigenvalue weighted by molar-refractivity contribution is -0.121. The Morgan fingerprint density at radius 3 is 2.73 bits per heavy atom. The molecule has 4 heteroatoms. The predicted molar refractivity (Wildman–Crippen MR) is 103 cm³/mol. The third kappa shape index (κ3) is 4.18. The molecule has 0 aliphatic heterocycles. The summed E-state index contributed by atoms with van der Waals surface area (Å²) in [6, 6.07) is 12.3. The van der Waals surface area contributed by atoms with Gasteiger partial charge in [-0.3, -0.25) is 4.79 Å². The molecule has 0 bridgehead atoms. The van der Waals surface area contributed by atoms with Gasteiger partial charge in [-0.15, -0.1) is 0 Å². The maximum Gasteiger partial charge on any atom is 0.220 e. The van der Waals surface area contributed by atoms with Gasteiger partial charge in [0.2, 0.25) is 5.91 Å². The number of amides is 1. The third-order valence-electron chi connectivity index (χ3n) is 5.10. The van der Waals surface area contributed by atoms with Crippen LogP contribution in [0.25, 0.3) is 0 Å².